The molecule has 0 aromatic rings. The van der Waals surface area contributed by atoms with Crippen LogP contribution in [0.4, 0.5) is 48.3 Å². The molecule has 14 heteroatoms. The minimum Gasteiger partial charge on any atom is -0.455 e. The molecule has 3 nitrogen and oxygen atoms in total. The van der Waals surface area contributed by atoms with Gasteiger partial charge in [-0.1, -0.05) is 6.58 Å². The van der Waals surface area contributed by atoms with Crippen molar-refractivity contribution in [2.75, 3.05) is 0 Å². The zero-order valence-corrected chi connectivity index (χ0v) is 14.6. The summed E-state index contributed by atoms with van der Waals surface area (Å²) in [7, 11) is 0. The predicted molar refractivity (Wildman–Crippen MR) is 77.5 cm³/mol. The van der Waals surface area contributed by atoms with Crippen molar-refractivity contribution in [3.05, 3.63) is 12.7 Å². The van der Waals surface area contributed by atoms with Gasteiger partial charge in [0.15, 0.2) is 49.3 Å². The fourth-order valence-corrected chi connectivity index (χ4v) is 3.36. The topological polar surface area (TPSA) is 35.5 Å². The van der Waals surface area contributed by atoms with Gasteiger partial charge in [-0.25, -0.2) is 39.9 Å². The van der Waals surface area contributed by atoms with Crippen molar-refractivity contribution < 1.29 is 62.6 Å². The molecule has 0 spiro atoms. The summed E-state index contributed by atoms with van der Waals surface area (Å²) < 4.78 is 159. The van der Waals surface area contributed by atoms with E-state index in [1.165, 1.54) is 0 Å². The van der Waals surface area contributed by atoms with Gasteiger partial charge >= 0.3 is 12.1 Å². The summed E-state index contributed by atoms with van der Waals surface area (Å²) >= 11 is 0. The molecule has 0 N–H and O–H groups in total. The Morgan fingerprint density at radius 3 is 1.50 bits per heavy atom. The molecule has 2 aliphatic rings. The van der Waals surface area contributed by atoms with Crippen molar-refractivity contribution in [1.82, 2.24) is 0 Å². The second-order valence-electron chi connectivity index (χ2n) is 6.79. The van der Waals surface area contributed by atoms with Gasteiger partial charge in [-0.15, -0.1) is 0 Å². The first kappa shape index (κ1) is 24.7. The van der Waals surface area contributed by atoms with E-state index in [0.717, 1.165) is 0 Å². The van der Waals surface area contributed by atoms with Crippen LogP contribution >= 0.6 is 0 Å². The zero-order chi connectivity index (χ0) is 23.1. The summed E-state index contributed by atoms with van der Waals surface area (Å²) in [6, 6.07) is 0. The maximum Gasteiger partial charge on any atom is 0.398 e. The van der Waals surface area contributed by atoms with Crippen LogP contribution in [-0.2, 0) is 14.3 Å². The van der Waals surface area contributed by atoms with Crippen LogP contribution in [-0.4, -0.2) is 79.8 Å². The third-order valence-corrected chi connectivity index (χ3v) is 4.90. The monoisotopic (exact) mass is 464 g/mol. The highest BCUT2D eigenvalue weighted by atomic mass is 19.4. The molecule has 174 valence electrons. The summed E-state index contributed by atoms with van der Waals surface area (Å²) in [6.07, 6.45) is -41.6. The number of hydrogen-bond donors (Lipinski definition) is 0. The lowest BCUT2D eigenvalue weighted by Gasteiger charge is -2.45. The Morgan fingerprint density at radius 2 is 1.07 bits per heavy atom. The zero-order valence-electron chi connectivity index (χ0n) is 14.6. The molecule has 30 heavy (non-hydrogen) atoms. The highest BCUT2D eigenvalue weighted by Gasteiger charge is 2.65. The molecule has 0 aromatic carbocycles. The van der Waals surface area contributed by atoms with E-state index in [-0.39, 0.29) is 6.08 Å². The molecule has 0 aromatic heterocycles. The largest absolute Gasteiger partial charge is 0.455 e. The van der Waals surface area contributed by atoms with E-state index < -0.39 is 85.7 Å². The molecule has 10 unspecified atom stereocenters. The number of carbonyl (C=O) groups is 1. The molecular formula is C16H15F11O3. The number of hydrogen-bond acceptors (Lipinski definition) is 3. The molecule has 0 aliphatic heterocycles. The third kappa shape index (κ3) is 4.37. The fourth-order valence-electron chi connectivity index (χ4n) is 3.36. The Bertz CT molecular complexity index is 616. The number of ether oxygens (including phenoxy) is 2. The second-order valence-corrected chi connectivity index (χ2v) is 6.79. The van der Waals surface area contributed by atoms with Crippen molar-refractivity contribution in [3.63, 3.8) is 0 Å². The van der Waals surface area contributed by atoms with Gasteiger partial charge in [0.2, 0.25) is 0 Å². The van der Waals surface area contributed by atoms with Crippen LogP contribution in [0.3, 0.4) is 0 Å². The molecule has 0 bridgehead atoms. The Kier molecular flexibility index (Phi) is 7.29. The average Bonchev–Trinajstić information content (AvgIpc) is 2.67. The Balaban J connectivity index is 2.35. The Morgan fingerprint density at radius 1 is 0.667 bits per heavy atom. The summed E-state index contributed by atoms with van der Waals surface area (Å²) in [6.45, 7) is 2.83. The first-order chi connectivity index (χ1) is 13.7. The summed E-state index contributed by atoms with van der Waals surface area (Å²) in [5.74, 6) is -5.20. The van der Waals surface area contributed by atoms with Crippen molar-refractivity contribution in [3.8, 4) is 0 Å². The molecule has 0 amide bonds. The van der Waals surface area contributed by atoms with E-state index in [1.807, 2.05) is 0 Å². The standard InChI is InChI=1S/C16H15F11O3/c1-2-3(28)29-13-4(16(25,26)27)5(17)9(21)15(12(13)24)30-14-10(22)7(19)6(18)8(20)11(14)23/h2,4-15H,1H2. The minimum atomic E-state index is -5.63. The van der Waals surface area contributed by atoms with Crippen molar-refractivity contribution >= 4 is 5.97 Å². The second kappa shape index (κ2) is 8.87. The lowest BCUT2D eigenvalue weighted by molar-refractivity contribution is -0.279. The minimum absolute atomic E-state index is 0.282. The molecule has 10 atom stereocenters. The molecular weight excluding hydrogens is 449 g/mol. The summed E-state index contributed by atoms with van der Waals surface area (Å²) in [5, 5.41) is 0. The molecule has 0 radical (unpaired) electrons. The maximum absolute atomic E-state index is 14.6. The summed E-state index contributed by atoms with van der Waals surface area (Å²) in [5.41, 5.74) is 0. The molecule has 2 rings (SSSR count). The van der Waals surface area contributed by atoms with Gasteiger partial charge in [-0.05, 0) is 0 Å². The van der Waals surface area contributed by atoms with Crippen LogP contribution < -0.4 is 0 Å². The van der Waals surface area contributed by atoms with Gasteiger partial charge in [0.05, 0.1) is 0 Å². The molecule has 0 heterocycles. The van der Waals surface area contributed by atoms with Crippen LogP contribution in [0.25, 0.3) is 0 Å². The van der Waals surface area contributed by atoms with Gasteiger partial charge in [0, 0.05) is 6.08 Å². The predicted octanol–water partition coefficient (Wildman–Crippen LogP) is 3.75. The number of rotatable bonds is 4. The number of alkyl halides is 11. The normalized spacial score (nSPS) is 47.6. The Hall–Kier alpha value is -1.60. The van der Waals surface area contributed by atoms with Gasteiger partial charge in [-0.2, -0.15) is 13.2 Å². The van der Waals surface area contributed by atoms with Gasteiger partial charge in [-0.3, -0.25) is 0 Å². The van der Waals surface area contributed by atoms with Crippen molar-refractivity contribution in [2.45, 2.75) is 73.9 Å². The van der Waals surface area contributed by atoms with Crippen LogP contribution in [0.1, 0.15) is 0 Å². The highest BCUT2D eigenvalue weighted by Crippen LogP contribution is 2.45. The maximum atomic E-state index is 14.6. The van der Waals surface area contributed by atoms with Crippen molar-refractivity contribution in [1.29, 1.82) is 0 Å². The van der Waals surface area contributed by atoms with E-state index in [2.05, 4.69) is 16.1 Å². The third-order valence-electron chi connectivity index (χ3n) is 4.90. The van der Waals surface area contributed by atoms with E-state index in [9.17, 15) is 53.1 Å². The smallest absolute Gasteiger partial charge is 0.398 e. The lowest BCUT2D eigenvalue weighted by Crippen LogP contribution is -2.65. The number of halogens is 11. The van der Waals surface area contributed by atoms with Crippen LogP contribution in [0.15, 0.2) is 12.7 Å². The molecule has 2 aliphatic carbocycles. The molecule has 0 saturated heterocycles. The number of esters is 1. The van der Waals surface area contributed by atoms with Crippen LogP contribution in [0.2, 0.25) is 0 Å². The van der Waals surface area contributed by atoms with Crippen LogP contribution in [0.5, 0.6) is 0 Å². The van der Waals surface area contributed by atoms with Crippen LogP contribution in [0, 0.1) is 5.92 Å². The average molecular weight is 464 g/mol. The highest BCUT2D eigenvalue weighted by molar-refractivity contribution is 5.81. The van der Waals surface area contributed by atoms with E-state index in [0.29, 0.717) is 0 Å². The van der Waals surface area contributed by atoms with E-state index >= 15 is 0 Å². The number of carbonyl (C=O) groups excluding carboxylic acids is 1. The van der Waals surface area contributed by atoms with E-state index in [4.69, 9.17) is 0 Å². The first-order valence-electron chi connectivity index (χ1n) is 8.41. The van der Waals surface area contributed by atoms with Crippen molar-refractivity contribution in [2.24, 2.45) is 5.92 Å². The van der Waals surface area contributed by atoms with Gasteiger partial charge < -0.3 is 9.47 Å². The Labute approximate surface area is 162 Å². The fraction of sp³-hybridized carbons (Fsp3) is 0.812. The van der Waals surface area contributed by atoms with Gasteiger partial charge in [0.25, 0.3) is 0 Å². The quantitative estimate of drug-likeness (QED) is 0.361. The first-order valence-corrected chi connectivity index (χ1v) is 8.41. The lowest BCUT2D eigenvalue weighted by atomic mass is 9.79. The summed E-state index contributed by atoms with van der Waals surface area (Å²) in [4.78, 5) is 11.2. The van der Waals surface area contributed by atoms with Gasteiger partial charge in [0.1, 0.15) is 24.3 Å². The SMILES string of the molecule is C=CC(=O)OC1C(F)C(OC2C(F)C(F)C(F)C(F)C2F)C(F)C(F)C1C(F)(F)F. The van der Waals surface area contributed by atoms with E-state index in [1.54, 1.807) is 0 Å². The molecule has 2 fully saturated rings. The molecule has 2 saturated carbocycles.